The monoisotopic (exact) mass is 247 g/mol. The highest BCUT2D eigenvalue weighted by Gasteiger charge is 2.07. The van der Waals surface area contributed by atoms with Crippen LogP contribution in [0.3, 0.4) is 0 Å². The number of nitrogen functional groups attached to an aromatic ring is 1. The summed E-state index contributed by atoms with van der Waals surface area (Å²) < 4.78 is 1.62. The fraction of sp³-hybridized carbons (Fsp3) is 0.167. The second-order valence-corrected chi connectivity index (χ2v) is 4.49. The summed E-state index contributed by atoms with van der Waals surface area (Å²) >= 11 is 1.30. The van der Waals surface area contributed by atoms with Crippen molar-refractivity contribution >= 4 is 17.4 Å². The van der Waals surface area contributed by atoms with Crippen LogP contribution in [0.5, 0.6) is 0 Å². The van der Waals surface area contributed by atoms with Crippen molar-refractivity contribution in [1.82, 2.24) is 9.55 Å². The van der Waals surface area contributed by atoms with Crippen molar-refractivity contribution in [2.75, 3.05) is 5.73 Å². The van der Waals surface area contributed by atoms with Crippen LogP contribution in [0.15, 0.2) is 51.4 Å². The minimum Gasteiger partial charge on any atom is -0.398 e. The Labute approximate surface area is 103 Å². The molecule has 0 aliphatic heterocycles. The van der Waals surface area contributed by atoms with E-state index >= 15 is 0 Å². The number of benzene rings is 1. The molecular weight excluding hydrogens is 234 g/mol. The van der Waals surface area contributed by atoms with Crippen LogP contribution in [0, 0.1) is 0 Å². The lowest BCUT2D eigenvalue weighted by Gasteiger charge is -2.05. The standard InChI is InChI=1S/C12H13N3OS/c1-2-15-8-7-14-11(12(15)16)17-10-6-4-3-5-9(10)13/h3-8H,2,13H2,1H3. The van der Waals surface area contributed by atoms with Gasteiger partial charge in [0, 0.05) is 29.5 Å². The maximum absolute atomic E-state index is 12.0. The van der Waals surface area contributed by atoms with Crippen LogP contribution >= 0.6 is 11.8 Å². The Morgan fingerprint density at radius 3 is 2.88 bits per heavy atom. The van der Waals surface area contributed by atoms with E-state index in [1.807, 2.05) is 31.2 Å². The van der Waals surface area contributed by atoms with Crippen molar-refractivity contribution in [3.05, 3.63) is 47.0 Å². The lowest BCUT2D eigenvalue weighted by Crippen LogP contribution is -2.20. The molecule has 5 heteroatoms. The minimum atomic E-state index is -0.0803. The van der Waals surface area contributed by atoms with Gasteiger partial charge in [-0.15, -0.1) is 0 Å². The molecule has 0 unspecified atom stereocenters. The van der Waals surface area contributed by atoms with E-state index in [1.165, 1.54) is 11.8 Å². The van der Waals surface area contributed by atoms with Crippen molar-refractivity contribution in [1.29, 1.82) is 0 Å². The molecule has 1 aromatic heterocycles. The van der Waals surface area contributed by atoms with Gasteiger partial charge in [0.15, 0.2) is 5.03 Å². The summed E-state index contributed by atoms with van der Waals surface area (Å²) in [6.45, 7) is 2.56. The molecule has 0 aliphatic carbocycles. The van der Waals surface area contributed by atoms with Gasteiger partial charge in [-0.1, -0.05) is 23.9 Å². The van der Waals surface area contributed by atoms with Crippen molar-refractivity contribution in [3.63, 3.8) is 0 Å². The number of hydrogen-bond donors (Lipinski definition) is 1. The van der Waals surface area contributed by atoms with E-state index in [9.17, 15) is 4.79 Å². The van der Waals surface area contributed by atoms with Gasteiger partial charge in [0.2, 0.25) is 0 Å². The summed E-state index contributed by atoms with van der Waals surface area (Å²) in [6, 6.07) is 7.44. The van der Waals surface area contributed by atoms with Gasteiger partial charge in [-0.25, -0.2) is 4.98 Å². The Kier molecular flexibility index (Phi) is 3.49. The van der Waals surface area contributed by atoms with Crippen molar-refractivity contribution in [3.8, 4) is 0 Å². The summed E-state index contributed by atoms with van der Waals surface area (Å²) in [7, 11) is 0. The molecule has 0 bridgehead atoms. The molecule has 88 valence electrons. The Balaban J connectivity index is 2.37. The molecule has 2 aromatic rings. The molecule has 2 N–H and O–H groups in total. The first-order chi connectivity index (χ1) is 8.22. The van der Waals surface area contributed by atoms with E-state index in [0.717, 1.165) is 4.90 Å². The number of hydrogen-bond acceptors (Lipinski definition) is 4. The number of aryl methyl sites for hydroxylation is 1. The number of anilines is 1. The fourth-order valence-electron chi connectivity index (χ4n) is 1.42. The molecule has 1 aromatic carbocycles. The van der Waals surface area contributed by atoms with Crippen LogP contribution in [-0.2, 0) is 6.54 Å². The van der Waals surface area contributed by atoms with E-state index in [-0.39, 0.29) is 5.56 Å². The molecule has 0 saturated heterocycles. The van der Waals surface area contributed by atoms with Gasteiger partial charge in [0.05, 0.1) is 0 Å². The van der Waals surface area contributed by atoms with Crippen LogP contribution in [-0.4, -0.2) is 9.55 Å². The Morgan fingerprint density at radius 1 is 1.41 bits per heavy atom. The van der Waals surface area contributed by atoms with Crippen LogP contribution in [0.2, 0.25) is 0 Å². The summed E-state index contributed by atoms with van der Waals surface area (Å²) in [5.41, 5.74) is 6.41. The zero-order valence-corrected chi connectivity index (χ0v) is 10.3. The largest absolute Gasteiger partial charge is 0.398 e. The molecule has 4 nitrogen and oxygen atoms in total. The first-order valence-corrected chi connectivity index (χ1v) is 6.12. The third-order valence-electron chi connectivity index (χ3n) is 2.35. The van der Waals surface area contributed by atoms with Gasteiger partial charge in [-0.2, -0.15) is 0 Å². The zero-order valence-electron chi connectivity index (χ0n) is 9.46. The molecule has 17 heavy (non-hydrogen) atoms. The summed E-state index contributed by atoms with van der Waals surface area (Å²) in [6.07, 6.45) is 3.31. The molecular formula is C12H13N3OS. The highest BCUT2D eigenvalue weighted by atomic mass is 32.2. The number of para-hydroxylation sites is 1. The van der Waals surface area contributed by atoms with E-state index < -0.39 is 0 Å². The maximum Gasteiger partial charge on any atom is 0.283 e. The van der Waals surface area contributed by atoms with Gasteiger partial charge in [0.25, 0.3) is 5.56 Å². The van der Waals surface area contributed by atoms with Gasteiger partial charge >= 0.3 is 0 Å². The average molecular weight is 247 g/mol. The Morgan fingerprint density at radius 2 is 2.18 bits per heavy atom. The van der Waals surface area contributed by atoms with Gasteiger partial charge < -0.3 is 10.3 Å². The van der Waals surface area contributed by atoms with Gasteiger partial charge in [-0.3, -0.25) is 4.79 Å². The molecule has 0 aliphatic rings. The zero-order chi connectivity index (χ0) is 12.3. The van der Waals surface area contributed by atoms with Crippen molar-refractivity contribution in [2.24, 2.45) is 0 Å². The quantitative estimate of drug-likeness (QED) is 0.843. The molecule has 2 rings (SSSR count). The molecule has 0 atom stereocenters. The minimum absolute atomic E-state index is 0.0803. The maximum atomic E-state index is 12.0. The normalized spacial score (nSPS) is 10.4. The highest BCUT2D eigenvalue weighted by Crippen LogP contribution is 2.28. The van der Waals surface area contributed by atoms with E-state index in [1.54, 1.807) is 17.0 Å². The highest BCUT2D eigenvalue weighted by molar-refractivity contribution is 7.99. The lowest BCUT2D eigenvalue weighted by atomic mass is 10.3. The third-order valence-corrected chi connectivity index (χ3v) is 3.41. The topological polar surface area (TPSA) is 60.9 Å². The third kappa shape index (κ3) is 2.50. The lowest BCUT2D eigenvalue weighted by molar-refractivity contribution is 0.692. The van der Waals surface area contributed by atoms with Crippen LogP contribution < -0.4 is 11.3 Å². The summed E-state index contributed by atoms with van der Waals surface area (Å²) in [5.74, 6) is 0. The SMILES string of the molecule is CCn1ccnc(Sc2ccccc2N)c1=O. The van der Waals surface area contributed by atoms with Crippen LogP contribution in [0.4, 0.5) is 5.69 Å². The molecule has 0 radical (unpaired) electrons. The van der Waals surface area contributed by atoms with E-state index in [0.29, 0.717) is 17.3 Å². The molecule has 1 heterocycles. The number of rotatable bonds is 3. The van der Waals surface area contributed by atoms with Crippen molar-refractivity contribution in [2.45, 2.75) is 23.4 Å². The second-order valence-electron chi connectivity index (χ2n) is 3.46. The summed E-state index contributed by atoms with van der Waals surface area (Å²) in [4.78, 5) is 16.9. The van der Waals surface area contributed by atoms with E-state index in [4.69, 9.17) is 5.73 Å². The Bertz CT molecular complexity index is 580. The van der Waals surface area contributed by atoms with E-state index in [2.05, 4.69) is 4.98 Å². The number of nitrogens with two attached hydrogens (primary N) is 1. The molecule has 0 saturated carbocycles. The number of nitrogens with zero attached hydrogens (tertiary/aromatic N) is 2. The van der Waals surface area contributed by atoms with Gasteiger partial charge in [0.1, 0.15) is 0 Å². The fourth-order valence-corrected chi connectivity index (χ4v) is 2.28. The summed E-state index contributed by atoms with van der Waals surface area (Å²) in [5, 5.41) is 0.451. The smallest absolute Gasteiger partial charge is 0.283 e. The molecule has 0 spiro atoms. The van der Waals surface area contributed by atoms with Crippen molar-refractivity contribution < 1.29 is 0 Å². The first-order valence-electron chi connectivity index (χ1n) is 5.30. The molecule has 0 fully saturated rings. The predicted octanol–water partition coefficient (Wildman–Crippen LogP) is 2.00. The van der Waals surface area contributed by atoms with Gasteiger partial charge in [-0.05, 0) is 19.1 Å². The Hall–Kier alpha value is -1.75. The molecule has 0 amide bonds. The first kappa shape index (κ1) is 11.7. The average Bonchev–Trinajstić information content (AvgIpc) is 2.34. The second kappa shape index (κ2) is 5.05. The number of aromatic nitrogens is 2. The predicted molar refractivity (Wildman–Crippen MR) is 69.1 cm³/mol. The van der Waals surface area contributed by atoms with Crippen LogP contribution in [0.1, 0.15) is 6.92 Å². The van der Waals surface area contributed by atoms with Crippen LogP contribution in [0.25, 0.3) is 0 Å².